The maximum atomic E-state index is 6.68. The summed E-state index contributed by atoms with van der Waals surface area (Å²) in [4.78, 5) is 6.46. The van der Waals surface area contributed by atoms with E-state index in [-0.39, 0.29) is 11.5 Å². The van der Waals surface area contributed by atoms with Crippen LogP contribution in [0, 0.1) is 0 Å². The predicted molar refractivity (Wildman–Crippen MR) is 113 cm³/mol. The summed E-state index contributed by atoms with van der Waals surface area (Å²) in [6.07, 6.45) is 5.66. The van der Waals surface area contributed by atoms with E-state index in [0.717, 1.165) is 43.0 Å². The first-order valence-electron chi connectivity index (χ1n) is 10.3. The third kappa shape index (κ3) is 3.49. The van der Waals surface area contributed by atoms with Crippen molar-refractivity contribution in [2.24, 2.45) is 0 Å². The molecule has 1 saturated heterocycles. The van der Waals surface area contributed by atoms with E-state index in [1.54, 1.807) is 12.4 Å². The molecule has 1 aromatic heterocycles. The summed E-state index contributed by atoms with van der Waals surface area (Å²) < 4.78 is 12.8. The fourth-order valence-electron chi connectivity index (χ4n) is 4.66. The van der Waals surface area contributed by atoms with Gasteiger partial charge in [0.25, 0.3) is 0 Å². The molecule has 0 saturated carbocycles. The van der Waals surface area contributed by atoms with Crippen LogP contribution in [0.15, 0.2) is 73.1 Å². The molecule has 3 heterocycles. The number of hydrogen-bond donors (Lipinski definition) is 0. The SMILES string of the molecule is CN1CCC2(CC1)Oc1ccc(OCc3ccncc3)cc1C2c1ccccc1. The Morgan fingerprint density at radius 1 is 1.03 bits per heavy atom. The summed E-state index contributed by atoms with van der Waals surface area (Å²) in [6, 6.07) is 21.0. The van der Waals surface area contributed by atoms with Gasteiger partial charge in [0.1, 0.15) is 23.7 Å². The summed E-state index contributed by atoms with van der Waals surface area (Å²) in [5.74, 6) is 2.12. The van der Waals surface area contributed by atoms with E-state index in [1.807, 2.05) is 18.2 Å². The van der Waals surface area contributed by atoms with Gasteiger partial charge in [0.05, 0.1) is 5.92 Å². The fourth-order valence-corrected chi connectivity index (χ4v) is 4.66. The standard InChI is InChI=1S/C25H26N2O2/c1-27-15-11-25(12-16-27)24(20-5-3-2-4-6-20)22-17-21(7-8-23(22)29-25)28-18-19-9-13-26-14-10-19/h2-10,13-14,17,24H,11-12,15-16,18H2,1H3. The van der Waals surface area contributed by atoms with E-state index in [2.05, 4.69) is 59.4 Å². The average molecular weight is 386 g/mol. The summed E-state index contributed by atoms with van der Waals surface area (Å²) in [6.45, 7) is 2.65. The highest BCUT2D eigenvalue weighted by molar-refractivity contribution is 5.52. The highest BCUT2D eigenvalue weighted by atomic mass is 16.5. The number of ether oxygens (including phenoxy) is 2. The summed E-state index contributed by atoms with van der Waals surface area (Å²) in [5, 5.41) is 0. The molecule has 1 unspecified atom stereocenters. The molecular formula is C25H26N2O2. The van der Waals surface area contributed by atoms with Gasteiger partial charge in [-0.2, -0.15) is 0 Å². The minimum absolute atomic E-state index is 0.167. The molecular weight excluding hydrogens is 360 g/mol. The smallest absolute Gasteiger partial charge is 0.124 e. The van der Waals surface area contributed by atoms with Crippen molar-refractivity contribution in [3.05, 3.63) is 89.7 Å². The van der Waals surface area contributed by atoms with Crippen molar-refractivity contribution in [1.29, 1.82) is 0 Å². The lowest BCUT2D eigenvalue weighted by Crippen LogP contribution is -2.48. The Balaban J connectivity index is 1.47. The van der Waals surface area contributed by atoms with Crippen molar-refractivity contribution in [2.45, 2.75) is 31.0 Å². The topological polar surface area (TPSA) is 34.6 Å². The van der Waals surface area contributed by atoms with Crippen LogP contribution in [-0.2, 0) is 6.61 Å². The van der Waals surface area contributed by atoms with Crippen molar-refractivity contribution < 1.29 is 9.47 Å². The summed E-state index contributed by atoms with van der Waals surface area (Å²) in [7, 11) is 2.19. The lowest BCUT2D eigenvalue weighted by molar-refractivity contribution is 0.0150. The van der Waals surface area contributed by atoms with Crippen molar-refractivity contribution in [2.75, 3.05) is 20.1 Å². The number of nitrogens with zero attached hydrogens (tertiary/aromatic N) is 2. The number of aromatic nitrogens is 1. The molecule has 1 fully saturated rings. The van der Waals surface area contributed by atoms with Gasteiger partial charge in [-0.05, 0) is 48.5 Å². The molecule has 0 amide bonds. The molecule has 1 atom stereocenters. The number of pyridine rings is 1. The summed E-state index contributed by atoms with van der Waals surface area (Å²) >= 11 is 0. The predicted octanol–water partition coefficient (Wildman–Crippen LogP) is 4.65. The Morgan fingerprint density at radius 2 is 1.79 bits per heavy atom. The van der Waals surface area contributed by atoms with Crippen molar-refractivity contribution >= 4 is 0 Å². The zero-order chi connectivity index (χ0) is 19.7. The van der Waals surface area contributed by atoms with Gasteiger partial charge in [-0.25, -0.2) is 0 Å². The van der Waals surface area contributed by atoms with Gasteiger partial charge >= 0.3 is 0 Å². The van der Waals surface area contributed by atoms with Gasteiger partial charge in [0, 0.05) is 43.9 Å². The Morgan fingerprint density at radius 3 is 2.55 bits per heavy atom. The molecule has 4 heteroatoms. The van der Waals surface area contributed by atoms with Crippen LogP contribution in [0.1, 0.15) is 35.4 Å². The van der Waals surface area contributed by atoms with Crippen LogP contribution in [-0.4, -0.2) is 35.6 Å². The van der Waals surface area contributed by atoms with E-state index in [0.29, 0.717) is 6.61 Å². The second-order valence-corrected chi connectivity index (χ2v) is 8.16. The second kappa shape index (κ2) is 7.53. The van der Waals surface area contributed by atoms with Crippen LogP contribution in [0.5, 0.6) is 11.5 Å². The largest absolute Gasteiger partial charge is 0.489 e. The molecule has 4 nitrogen and oxygen atoms in total. The third-order valence-corrected chi connectivity index (χ3v) is 6.25. The number of benzene rings is 2. The van der Waals surface area contributed by atoms with E-state index in [9.17, 15) is 0 Å². The number of rotatable bonds is 4. The molecule has 0 N–H and O–H groups in total. The van der Waals surface area contributed by atoms with E-state index in [1.165, 1.54) is 11.1 Å². The van der Waals surface area contributed by atoms with Crippen LogP contribution >= 0.6 is 0 Å². The van der Waals surface area contributed by atoms with Gasteiger partial charge in [-0.3, -0.25) is 4.98 Å². The first kappa shape index (κ1) is 18.2. The highest BCUT2D eigenvalue weighted by Gasteiger charge is 2.50. The molecule has 5 rings (SSSR count). The quantitative estimate of drug-likeness (QED) is 0.654. The van der Waals surface area contributed by atoms with Gasteiger partial charge in [0.15, 0.2) is 0 Å². The van der Waals surface area contributed by atoms with Crippen LogP contribution in [0.2, 0.25) is 0 Å². The van der Waals surface area contributed by atoms with Crippen molar-refractivity contribution in [3.8, 4) is 11.5 Å². The molecule has 1 spiro atoms. The molecule has 2 aromatic carbocycles. The third-order valence-electron chi connectivity index (χ3n) is 6.25. The van der Waals surface area contributed by atoms with Crippen LogP contribution in [0.3, 0.4) is 0 Å². The first-order valence-corrected chi connectivity index (χ1v) is 10.3. The fraction of sp³-hybridized carbons (Fsp3) is 0.320. The zero-order valence-electron chi connectivity index (χ0n) is 16.8. The molecule has 0 aliphatic carbocycles. The Hall–Kier alpha value is -2.85. The zero-order valence-corrected chi connectivity index (χ0v) is 16.8. The van der Waals surface area contributed by atoms with E-state index >= 15 is 0 Å². The Labute approximate surface area is 172 Å². The highest BCUT2D eigenvalue weighted by Crippen LogP contribution is 2.53. The molecule has 29 heavy (non-hydrogen) atoms. The van der Waals surface area contributed by atoms with Crippen LogP contribution in [0.25, 0.3) is 0 Å². The average Bonchev–Trinajstić information content (AvgIpc) is 3.08. The second-order valence-electron chi connectivity index (χ2n) is 8.16. The maximum Gasteiger partial charge on any atom is 0.124 e. The molecule has 0 bridgehead atoms. The Bertz CT molecular complexity index is 967. The molecule has 2 aliphatic heterocycles. The molecule has 0 radical (unpaired) electrons. The molecule has 3 aromatic rings. The minimum atomic E-state index is -0.167. The van der Waals surface area contributed by atoms with Gasteiger partial charge in [0.2, 0.25) is 0 Å². The minimum Gasteiger partial charge on any atom is -0.489 e. The lowest BCUT2D eigenvalue weighted by Gasteiger charge is -2.41. The van der Waals surface area contributed by atoms with Crippen LogP contribution in [0.4, 0.5) is 0 Å². The van der Waals surface area contributed by atoms with Gasteiger partial charge in [-0.15, -0.1) is 0 Å². The number of fused-ring (bicyclic) bond motifs is 1. The maximum absolute atomic E-state index is 6.68. The number of likely N-dealkylation sites (tertiary alicyclic amines) is 1. The number of hydrogen-bond acceptors (Lipinski definition) is 4. The normalized spacial score (nSPS) is 20.2. The van der Waals surface area contributed by atoms with E-state index < -0.39 is 0 Å². The number of piperidine rings is 1. The van der Waals surface area contributed by atoms with Crippen LogP contribution < -0.4 is 9.47 Å². The lowest BCUT2D eigenvalue weighted by atomic mass is 9.74. The van der Waals surface area contributed by atoms with Gasteiger partial charge in [-0.1, -0.05) is 30.3 Å². The van der Waals surface area contributed by atoms with Gasteiger partial charge < -0.3 is 14.4 Å². The first-order chi connectivity index (χ1) is 14.2. The van der Waals surface area contributed by atoms with E-state index in [4.69, 9.17) is 9.47 Å². The molecule has 148 valence electrons. The molecule has 2 aliphatic rings. The van der Waals surface area contributed by atoms with Crippen molar-refractivity contribution in [3.63, 3.8) is 0 Å². The summed E-state index contributed by atoms with van der Waals surface area (Å²) in [5.41, 5.74) is 3.51. The monoisotopic (exact) mass is 386 g/mol. The Kier molecular flexibility index (Phi) is 4.72. The van der Waals surface area contributed by atoms with Crippen molar-refractivity contribution in [1.82, 2.24) is 9.88 Å².